The molecule has 112 valence electrons. The normalized spacial score (nSPS) is 10.6. The van der Waals surface area contributed by atoms with Crippen molar-refractivity contribution in [3.8, 4) is 0 Å². The summed E-state index contributed by atoms with van der Waals surface area (Å²) in [6.07, 6.45) is 1.73. The first-order valence-corrected chi connectivity index (χ1v) is 7.99. The first kappa shape index (κ1) is 16.8. The number of thioether (sulfide) groups is 1. The molecule has 0 spiro atoms. The molecular formula is C14H23N3O2S. The number of carbonyl (C=O) groups is 1. The maximum Gasteiger partial charge on any atom is 0.254 e. The van der Waals surface area contributed by atoms with Crippen molar-refractivity contribution < 1.29 is 4.79 Å². The van der Waals surface area contributed by atoms with Crippen LogP contribution in [0, 0.1) is 0 Å². The molecule has 0 saturated heterocycles. The van der Waals surface area contributed by atoms with E-state index >= 15 is 0 Å². The molecule has 0 aliphatic carbocycles. The van der Waals surface area contributed by atoms with Crippen LogP contribution in [0.2, 0.25) is 0 Å². The zero-order valence-electron chi connectivity index (χ0n) is 12.7. The molecule has 5 nitrogen and oxygen atoms in total. The van der Waals surface area contributed by atoms with Crippen molar-refractivity contribution in [2.75, 3.05) is 18.8 Å². The second-order valence-corrected chi connectivity index (χ2v) is 5.47. The molecule has 0 aromatic carbocycles. The molecule has 0 fully saturated rings. The molecule has 0 saturated carbocycles. The summed E-state index contributed by atoms with van der Waals surface area (Å²) in [6, 6.07) is 1.57. The molecule has 1 rings (SSSR count). The SMILES string of the molecule is CCCc1cc(=O)n(C)c(SCC(=O)N(CC)CC)n1. The third kappa shape index (κ3) is 4.37. The second kappa shape index (κ2) is 8.09. The highest BCUT2D eigenvalue weighted by Crippen LogP contribution is 2.14. The number of rotatable bonds is 7. The van der Waals surface area contributed by atoms with Crippen molar-refractivity contribution in [1.82, 2.24) is 14.5 Å². The molecule has 0 N–H and O–H groups in total. The van der Waals surface area contributed by atoms with E-state index in [-0.39, 0.29) is 11.5 Å². The Morgan fingerprint density at radius 1 is 1.35 bits per heavy atom. The lowest BCUT2D eigenvalue weighted by Gasteiger charge is -2.18. The van der Waals surface area contributed by atoms with Crippen LogP contribution in [0.5, 0.6) is 0 Å². The van der Waals surface area contributed by atoms with E-state index in [1.54, 1.807) is 18.0 Å². The van der Waals surface area contributed by atoms with E-state index < -0.39 is 0 Å². The van der Waals surface area contributed by atoms with Crippen LogP contribution in [0.1, 0.15) is 32.9 Å². The van der Waals surface area contributed by atoms with E-state index in [1.165, 1.54) is 16.3 Å². The van der Waals surface area contributed by atoms with Crippen LogP contribution in [0.3, 0.4) is 0 Å². The van der Waals surface area contributed by atoms with E-state index in [4.69, 9.17) is 0 Å². The fourth-order valence-corrected chi connectivity index (χ4v) is 2.77. The van der Waals surface area contributed by atoms with Gasteiger partial charge in [0.05, 0.1) is 5.75 Å². The van der Waals surface area contributed by atoms with Gasteiger partial charge in [0.25, 0.3) is 5.56 Å². The van der Waals surface area contributed by atoms with Crippen molar-refractivity contribution in [1.29, 1.82) is 0 Å². The third-order valence-electron chi connectivity index (χ3n) is 3.09. The lowest BCUT2D eigenvalue weighted by molar-refractivity contribution is -0.127. The summed E-state index contributed by atoms with van der Waals surface area (Å²) < 4.78 is 1.50. The zero-order chi connectivity index (χ0) is 15.1. The van der Waals surface area contributed by atoms with Crippen LogP contribution in [0.25, 0.3) is 0 Å². The van der Waals surface area contributed by atoms with Crippen LogP contribution >= 0.6 is 11.8 Å². The molecule has 1 aromatic heterocycles. The summed E-state index contributed by atoms with van der Waals surface area (Å²) in [7, 11) is 1.69. The average Bonchev–Trinajstić information content (AvgIpc) is 2.42. The Morgan fingerprint density at radius 3 is 2.55 bits per heavy atom. The number of aryl methyl sites for hydroxylation is 1. The van der Waals surface area contributed by atoms with Gasteiger partial charge < -0.3 is 4.90 Å². The van der Waals surface area contributed by atoms with Gasteiger partial charge in [0.1, 0.15) is 0 Å². The minimum absolute atomic E-state index is 0.0683. The predicted molar refractivity (Wildman–Crippen MR) is 82.1 cm³/mol. The monoisotopic (exact) mass is 297 g/mol. The first-order valence-electron chi connectivity index (χ1n) is 7.00. The van der Waals surface area contributed by atoms with Crippen molar-refractivity contribution in [3.63, 3.8) is 0 Å². The summed E-state index contributed by atoms with van der Waals surface area (Å²) in [5, 5.41) is 0.612. The van der Waals surface area contributed by atoms with Gasteiger partial charge in [0.2, 0.25) is 5.91 Å². The molecular weight excluding hydrogens is 274 g/mol. The molecule has 20 heavy (non-hydrogen) atoms. The minimum atomic E-state index is -0.0683. The Morgan fingerprint density at radius 2 is 2.00 bits per heavy atom. The van der Waals surface area contributed by atoms with E-state index in [1.807, 2.05) is 13.8 Å². The Balaban J connectivity index is 2.81. The van der Waals surface area contributed by atoms with Crippen LogP contribution < -0.4 is 5.56 Å². The van der Waals surface area contributed by atoms with Crippen molar-refractivity contribution in [2.24, 2.45) is 7.05 Å². The van der Waals surface area contributed by atoms with Gasteiger partial charge in [-0.2, -0.15) is 0 Å². The Kier molecular flexibility index (Phi) is 6.78. The topological polar surface area (TPSA) is 55.2 Å². The maximum absolute atomic E-state index is 12.0. The first-order chi connectivity index (χ1) is 9.53. The highest BCUT2D eigenvalue weighted by Gasteiger charge is 2.12. The van der Waals surface area contributed by atoms with Gasteiger partial charge in [-0.3, -0.25) is 14.2 Å². The fourth-order valence-electron chi connectivity index (χ4n) is 1.87. The zero-order valence-corrected chi connectivity index (χ0v) is 13.5. The highest BCUT2D eigenvalue weighted by atomic mass is 32.2. The Bertz CT molecular complexity index is 510. The molecule has 0 bridgehead atoms. The van der Waals surface area contributed by atoms with Crippen LogP contribution in [0.15, 0.2) is 16.0 Å². The molecule has 1 heterocycles. The molecule has 0 aliphatic rings. The van der Waals surface area contributed by atoms with Crippen LogP contribution in [-0.2, 0) is 18.3 Å². The number of carbonyl (C=O) groups excluding carboxylic acids is 1. The third-order valence-corrected chi connectivity index (χ3v) is 4.11. The van der Waals surface area contributed by atoms with Crippen LogP contribution in [0.4, 0.5) is 0 Å². The van der Waals surface area contributed by atoms with Gasteiger partial charge in [-0.25, -0.2) is 4.98 Å². The second-order valence-electron chi connectivity index (χ2n) is 4.53. The van der Waals surface area contributed by atoms with E-state index in [0.29, 0.717) is 24.0 Å². The summed E-state index contributed by atoms with van der Waals surface area (Å²) in [6.45, 7) is 7.38. The summed E-state index contributed by atoms with van der Waals surface area (Å²) in [4.78, 5) is 30.1. The van der Waals surface area contributed by atoms with Gasteiger partial charge in [0.15, 0.2) is 5.16 Å². The van der Waals surface area contributed by atoms with Crippen molar-refractivity contribution in [3.05, 3.63) is 22.1 Å². The minimum Gasteiger partial charge on any atom is -0.343 e. The predicted octanol–water partition coefficient (Wildman–Crippen LogP) is 1.69. The van der Waals surface area contributed by atoms with E-state index in [0.717, 1.165) is 18.5 Å². The van der Waals surface area contributed by atoms with Crippen molar-refractivity contribution in [2.45, 2.75) is 38.8 Å². The molecule has 1 amide bonds. The summed E-state index contributed by atoms with van der Waals surface area (Å²) >= 11 is 1.33. The molecule has 0 atom stereocenters. The number of hydrogen-bond acceptors (Lipinski definition) is 4. The quantitative estimate of drug-likeness (QED) is 0.568. The van der Waals surface area contributed by atoms with Crippen LogP contribution in [-0.4, -0.2) is 39.2 Å². The number of nitrogens with zero attached hydrogens (tertiary/aromatic N) is 3. The number of amides is 1. The van der Waals surface area contributed by atoms with Crippen molar-refractivity contribution >= 4 is 17.7 Å². The summed E-state index contributed by atoms with van der Waals surface area (Å²) in [5.41, 5.74) is 0.731. The summed E-state index contributed by atoms with van der Waals surface area (Å²) in [5.74, 6) is 0.396. The van der Waals surface area contributed by atoms with Gasteiger partial charge in [0, 0.05) is 31.9 Å². The molecule has 0 radical (unpaired) electrons. The largest absolute Gasteiger partial charge is 0.343 e. The van der Waals surface area contributed by atoms with Gasteiger partial charge >= 0.3 is 0 Å². The average molecular weight is 297 g/mol. The standard InChI is InChI=1S/C14H23N3O2S/c1-5-8-11-9-12(18)16(4)14(15-11)20-10-13(19)17(6-2)7-3/h9H,5-8,10H2,1-4H3. The molecule has 0 aliphatic heterocycles. The number of hydrogen-bond donors (Lipinski definition) is 0. The fraction of sp³-hybridized carbons (Fsp3) is 0.643. The molecule has 0 unspecified atom stereocenters. The van der Waals surface area contributed by atoms with Gasteiger partial charge in [-0.05, 0) is 20.3 Å². The molecule has 6 heteroatoms. The van der Waals surface area contributed by atoms with E-state index in [2.05, 4.69) is 11.9 Å². The Labute approximate surface area is 124 Å². The van der Waals surface area contributed by atoms with Gasteiger partial charge in [-0.15, -0.1) is 0 Å². The number of aromatic nitrogens is 2. The lowest BCUT2D eigenvalue weighted by atomic mass is 10.2. The highest BCUT2D eigenvalue weighted by molar-refractivity contribution is 7.99. The Hall–Kier alpha value is -1.30. The van der Waals surface area contributed by atoms with E-state index in [9.17, 15) is 9.59 Å². The lowest BCUT2D eigenvalue weighted by Crippen LogP contribution is -2.32. The smallest absolute Gasteiger partial charge is 0.254 e. The maximum atomic E-state index is 12.0. The van der Waals surface area contributed by atoms with Gasteiger partial charge in [-0.1, -0.05) is 25.1 Å². The molecule has 1 aromatic rings.